The van der Waals surface area contributed by atoms with Crippen LogP contribution >= 0.6 is 0 Å². The second-order valence-electron chi connectivity index (χ2n) is 6.02. The van der Waals surface area contributed by atoms with Crippen LogP contribution in [0.25, 0.3) is 0 Å². The molecular formula is C17H13F4NO2S. The average Bonchev–Trinajstić information content (AvgIpc) is 2.98. The van der Waals surface area contributed by atoms with Crippen LogP contribution in [0.2, 0.25) is 0 Å². The monoisotopic (exact) mass is 371 g/mol. The molecule has 1 saturated heterocycles. The number of halogens is 4. The first-order valence-corrected chi connectivity index (χ1v) is 8.88. The standard InChI is InChI=1S/C17H13F4NO2S/c18-11-6-12(19)16(21)17(15(11)20)25(23)8-1-2-9-10-3-4-22-7-14(10)24-13(9)5-8/h1-2,5-6,10,14,22H,3-4,7H2. The van der Waals surface area contributed by atoms with Crippen molar-refractivity contribution >= 4 is 10.8 Å². The Labute approximate surface area is 143 Å². The number of hydrogen-bond acceptors (Lipinski definition) is 3. The van der Waals surface area contributed by atoms with Crippen molar-refractivity contribution < 1.29 is 26.5 Å². The Morgan fingerprint density at radius 1 is 1.08 bits per heavy atom. The van der Waals surface area contributed by atoms with Gasteiger partial charge in [0, 0.05) is 29.0 Å². The Kier molecular flexibility index (Phi) is 4.04. The van der Waals surface area contributed by atoms with Crippen molar-refractivity contribution in [1.29, 1.82) is 0 Å². The van der Waals surface area contributed by atoms with Crippen LogP contribution < -0.4 is 10.1 Å². The predicted octanol–water partition coefficient (Wildman–Crippen LogP) is 3.25. The van der Waals surface area contributed by atoms with E-state index in [4.69, 9.17) is 4.74 Å². The molecule has 0 aromatic heterocycles. The van der Waals surface area contributed by atoms with Crippen LogP contribution in [0.3, 0.4) is 0 Å². The molecule has 1 N–H and O–H groups in total. The lowest BCUT2D eigenvalue weighted by atomic mass is 9.90. The highest BCUT2D eigenvalue weighted by molar-refractivity contribution is 7.85. The molecule has 3 unspecified atom stereocenters. The van der Waals surface area contributed by atoms with E-state index in [2.05, 4.69) is 5.32 Å². The normalized spacial score (nSPS) is 22.9. The number of nitrogens with one attached hydrogen (secondary N) is 1. The Morgan fingerprint density at radius 2 is 1.80 bits per heavy atom. The largest absolute Gasteiger partial charge is 0.488 e. The van der Waals surface area contributed by atoms with Gasteiger partial charge in [0.05, 0.1) is 10.8 Å². The maximum Gasteiger partial charge on any atom is 0.178 e. The molecule has 0 aliphatic carbocycles. The minimum atomic E-state index is -2.42. The minimum absolute atomic E-state index is 0.0214. The van der Waals surface area contributed by atoms with E-state index in [1.807, 2.05) is 0 Å². The number of ether oxygens (including phenoxy) is 1. The van der Waals surface area contributed by atoms with Gasteiger partial charge in [-0.3, -0.25) is 0 Å². The summed E-state index contributed by atoms with van der Waals surface area (Å²) in [6.07, 6.45) is 0.839. The maximum atomic E-state index is 13.9. The number of rotatable bonds is 2. The molecule has 2 aromatic carbocycles. The Hall–Kier alpha value is -1.93. The number of hydrogen-bond donors (Lipinski definition) is 1. The summed E-state index contributed by atoms with van der Waals surface area (Å²) in [6.45, 7) is 1.53. The summed E-state index contributed by atoms with van der Waals surface area (Å²) in [6, 6.07) is 4.66. The van der Waals surface area contributed by atoms with Crippen LogP contribution in [-0.2, 0) is 10.8 Å². The third kappa shape index (κ3) is 2.64. The fourth-order valence-corrected chi connectivity index (χ4v) is 4.50. The molecule has 0 saturated carbocycles. The van der Waals surface area contributed by atoms with Crippen LogP contribution in [0, 0.1) is 23.3 Å². The van der Waals surface area contributed by atoms with E-state index in [1.165, 1.54) is 12.1 Å². The summed E-state index contributed by atoms with van der Waals surface area (Å²) in [7, 11) is -2.42. The zero-order chi connectivity index (χ0) is 17.7. The van der Waals surface area contributed by atoms with E-state index in [-0.39, 0.29) is 23.0 Å². The Balaban J connectivity index is 1.74. The zero-order valence-electron chi connectivity index (χ0n) is 12.8. The van der Waals surface area contributed by atoms with Gasteiger partial charge in [-0.1, -0.05) is 6.07 Å². The highest BCUT2D eigenvalue weighted by Crippen LogP contribution is 2.42. The summed E-state index contributed by atoms with van der Waals surface area (Å²) in [4.78, 5) is -1.11. The molecule has 2 heterocycles. The van der Waals surface area contributed by atoms with Crippen LogP contribution in [0.4, 0.5) is 17.6 Å². The second kappa shape index (κ2) is 6.10. The molecule has 0 bridgehead atoms. The molecule has 0 spiro atoms. The average molecular weight is 371 g/mol. The summed E-state index contributed by atoms with van der Waals surface area (Å²) >= 11 is 0. The van der Waals surface area contributed by atoms with Gasteiger partial charge in [-0.2, -0.15) is 0 Å². The lowest BCUT2D eigenvalue weighted by Gasteiger charge is -2.24. The quantitative estimate of drug-likeness (QED) is 0.651. The molecule has 132 valence electrons. The lowest BCUT2D eigenvalue weighted by molar-refractivity contribution is 0.176. The molecular weight excluding hydrogens is 358 g/mol. The fourth-order valence-electron chi connectivity index (χ4n) is 3.34. The van der Waals surface area contributed by atoms with Crippen molar-refractivity contribution in [2.75, 3.05) is 13.1 Å². The van der Waals surface area contributed by atoms with Gasteiger partial charge in [-0.05, 0) is 25.1 Å². The number of benzene rings is 2. The topological polar surface area (TPSA) is 38.3 Å². The van der Waals surface area contributed by atoms with E-state index in [9.17, 15) is 21.8 Å². The van der Waals surface area contributed by atoms with Crippen molar-refractivity contribution in [3.63, 3.8) is 0 Å². The van der Waals surface area contributed by atoms with E-state index in [0.29, 0.717) is 12.3 Å². The molecule has 25 heavy (non-hydrogen) atoms. The maximum absolute atomic E-state index is 13.9. The van der Waals surface area contributed by atoms with Crippen LogP contribution in [-0.4, -0.2) is 23.4 Å². The third-order valence-corrected chi connectivity index (χ3v) is 5.97. The van der Waals surface area contributed by atoms with Crippen molar-refractivity contribution in [2.45, 2.75) is 28.2 Å². The molecule has 4 rings (SSSR count). The third-order valence-electron chi connectivity index (χ3n) is 4.56. The van der Waals surface area contributed by atoms with E-state index >= 15 is 0 Å². The highest BCUT2D eigenvalue weighted by atomic mass is 32.2. The summed E-state index contributed by atoms with van der Waals surface area (Å²) in [5, 5.41) is 3.21. The Morgan fingerprint density at radius 3 is 2.52 bits per heavy atom. The van der Waals surface area contributed by atoms with Gasteiger partial charge in [0.1, 0.15) is 16.7 Å². The van der Waals surface area contributed by atoms with Crippen LogP contribution in [0.1, 0.15) is 17.9 Å². The molecule has 2 aliphatic rings. The van der Waals surface area contributed by atoms with Gasteiger partial charge in [0.2, 0.25) is 0 Å². The second-order valence-corrected chi connectivity index (χ2v) is 7.44. The van der Waals surface area contributed by atoms with Gasteiger partial charge in [0.15, 0.2) is 23.3 Å². The highest BCUT2D eigenvalue weighted by Gasteiger charge is 2.36. The van der Waals surface area contributed by atoms with Crippen LogP contribution in [0.15, 0.2) is 34.1 Å². The van der Waals surface area contributed by atoms with Gasteiger partial charge in [-0.25, -0.2) is 21.8 Å². The first kappa shape index (κ1) is 16.5. The molecule has 3 nitrogen and oxygen atoms in total. The van der Waals surface area contributed by atoms with Gasteiger partial charge in [0.25, 0.3) is 0 Å². The summed E-state index contributed by atoms with van der Waals surface area (Å²) < 4.78 is 72.8. The molecule has 3 atom stereocenters. The van der Waals surface area contributed by atoms with E-state index in [1.54, 1.807) is 6.07 Å². The number of piperidine rings is 1. The van der Waals surface area contributed by atoms with Crippen LogP contribution in [0.5, 0.6) is 5.75 Å². The van der Waals surface area contributed by atoms with Crippen molar-refractivity contribution in [2.24, 2.45) is 0 Å². The smallest absolute Gasteiger partial charge is 0.178 e. The van der Waals surface area contributed by atoms with Gasteiger partial charge in [-0.15, -0.1) is 0 Å². The van der Waals surface area contributed by atoms with E-state index < -0.39 is 39.0 Å². The molecule has 8 heteroatoms. The predicted molar refractivity (Wildman–Crippen MR) is 82.0 cm³/mol. The van der Waals surface area contributed by atoms with Crippen molar-refractivity contribution in [3.05, 3.63) is 53.1 Å². The van der Waals surface area contributed by atoms with E-state index in [0.717, 1.165) is 18.5 Å². The van der Waals surface area contributed by atoms with Crippen molar-refractivity contribution in [3.8, 4) is 5.75 Å². The first-order valence-electron chi connectivity index (χ1n) is 7.73. The lowest BCUT2D eigenvalue weighted by Crippen LogP contribution is -2.39. The van der Waals surface area contributed by atoms with Crippen molar-refractivity contribution in [1.82, 2.24) is 5.32 Å². The summed E-state index contributed by atoms with van der Waals surface area (Å²) in [5.41, 5.74) is 0.943. The molecule has 0 radical (unpaired) electrons. The van der Waals surface area contributed by atoms with Gasteiger partial charge < -0.3 is 10.1 Å². The molecule has 1 fully saturated rings. The zero-order valence-corrected chi connectivity index (χ0v) is 13.6. The first-order chi connectivity index (χ1) is 12.0. The summed E-state index contributed by atoms with van der Waals surface area (Å²) in [5.74, 6) is -5.79. The molecule has 0 amide bonds. The molecule has 2 aromatic rings. The number of fused-ring (bicyclic) bond motifs is 3. The minimum Gasteiger partial charge on any atom is -0.488 e. The molecule has 2 aliphatic heterocycles. The fraction of sp³-hybridized carbons (Fsp3) is 0.294. The SMILES string of the molecule is O=S(c1ccc2c(c1)OC1CNCCC21)c1c(F)c(F)cc(F)c1F. The van der Waals surface area contributed by atoms with Gasteiger partial charge >= 0.3 is 0 Å². The Bertz CT molecular complexity index is 863.